The van der Waals surface area contributed by atoms with Crippen molar-refractivity contribution in [1.82, 2.24) is 25.2 Å². The van der Waals surface area contributed by atoms with Crippen molar-refractivity contribution in [2.24, 2.45) is 5.73 Å². The Morgan fingerprint density at radius 2 is 1.97 bits per heavy atom. The maximum Gasteiger partial charge on any atom is 0.273 e. The van der Waals surface area contributed by atoms with Crippen molar-refractivity contribution in [2.45, 2.75) is 19.9 Å². The molecule has 0 aliphatic carbocycles. The number of carbonyl (C=O) groups excluding carboxylic acids is 2. The molecule has 0 atom stereocenters. The van der Waals surface area contributed by atoms with Crippen LogP contribution in [0.4, 0.5) is 11.6 Å². The minimum Gasteiger partial charge on any atom is -0.382 e. The number of benzene rings is 1. The molecule has 10 heteroatoms. The van der Waals surface area contributed by atoms with E-state index >= 15 is 0 Å². The minimum atomic E-state index is -0.409. The van der Waals surface area contributed by atoms with Crippen LogP contribution in [0.3, 0.4) is 0 Å². The number of likely N-dealkylation sites (N-methyl/N-ethyl adjacent to an activating group) is 1. The van der Waals surface area contributed by atoms with Gasteiger partial charge in [0.05, 0.1) is 12.1 Å². The second-order valence-electron chi connectivity index (χ2n) is 7.42. The monoisotopic (exact) mass is 436 g/mol. The molecule has 0 spiro atoms. The average Bonchev–Trinajstić information content (AvgIpc) is 2.80. The summed E-state index contributed by atoms with van der Waals surface area (Å²) in [7, 11) is 1.73. The van der Waals surface area contributed by atoms with E-state index < -0.39 is 5.91 Å². The Morgan fingerprint density at radius 1 is 1.19 bits per heavy atom. The Kier molecular flexibility index (Phi) is 7.50. The molecule has 0 unspecified atom stereocenters. The molecule has 0 saturated carbocycles. The van der Waals surface area contributed by atoms with E-state index in [-0.39, 0.29) is 30.5 Å². The van der Waals surface area contributed by atoms with E-state index in [0.29, 0.717) is 18.9 Å². The van der Waals surface area contributed by atoms with Gasteiger partial charge >= 0.3 is 0 Å². The third-order valence-corrected chi connectivity index (χ3v) is 5.07. The number of amides is 2. The Morgan fingerprint density at radius 3 is 2.72 bits per heavy atom. The first-order chi connectivity index (χ1) is 15.4. The van der Waals surface area contributed by atoms with Crippen molar-refractivity contribution in [1.29, 1.82) is 0 Å². The Labute approximate surface area is 186 Å². The zero-order chi connectivity index (χ0) is 23.1. The molecule has 0 aliphatic rings. The molecule has 3 rings (SSSR count). The molecule has 10 nitrogen and oxygen atoms in total. The Balaban J connectivity index is 1.75. The zero-order valence-corrected chi connectivity index (χ0v) is 18.3. The maximum absolute atomic E-state index is 12.5. The number of anilines is 2. The van der Waals surface area contributed by atoms with Crippen molar-refractivity contribution < 1.29 is 9.59 Å². The average molecular weight is 437 g/mol. The number of nitrogen functional groups attached to an aromatic ring is 1. The van der Waals surface area contributed by atoms with Gasteiger partial charge < -0.3 is 27.0 Å². The van der Waals surface area contributed by atoms with E-state index in [2.05, 4.69) is 20.6 Å². The predicted octanol–water partition coefficient (Wildman–Crippen LogP) is 1.06. The first-order valence-electron chi connectivity index (χ1n) is 10.3. The molecule has 0 saturated heterocycles. The number of hydrogen-bond acceptors (Lipinski definition) is 8. The fourth-order valence-electron chi connectivity index (χ4n) is 3.26. The van der Waals surface area contributed by atoms with Crippen LogP contribution >= 0.6 is 0 Å². The van der Waals surface area contributed by atoms with Crippen LogP contribution in [0.1, 0.15) is 28.0 Å². The van der Waals surface area contributed by atoms with Crippen LogP contribution in [-0.4, -0.2) is 58.3 Å². The number of aromatic nitrogens is 3. The summed E-state index contributed by atoms with van der Waals surface area (Å²) >= 11 is 0. The number of aryl methyl sites for hydroxylation is 1. The van der Waals surface area contributed by atoms with Gasteiger partial charge in [-0.3, -0.25) is 9.59 Å². The van der Waals surface area contributed by atoms with Gasteiger partial charge in [-0.2, -0.15) is 0 Å². The standard InChI is InChI=1S/C22H28N8O2/c1-14-5-3-6-15-11-16(13-28-22(32)19-20(24)26-9-8-25-19)21(29-18(14)15)27-7-4-10-30(2)17(31)12-23/h3,5-6,8-9,11H,4,7,10,12-13,23H2,1-2H3,(H2,24,26)(H,27,29)(H,28,32). The summed E-state index contributed by atoms with van der Waals surface area (Å²) in [4.78, 5) is 38.4. The first kappa shape index (κ1) is 22.9. The van der Waals surface area contributed by atoms with Gasteiger partial charge in [0.25, 0.3) is 5.91 Å². The molecule has 0 bridgehead atoms. The highest BCUT2D eigenvalue weighted by Gasteiger charge is 2.14. The zero-order valence-electron chi connectivity index (χ0n) is 18.3. The number of nitrogens with two attached hydrogens (primary N) is 2. The summed E-state index contributed by atoms with van der Waals surface area (Å²) < 4.78 is 0. The summed E-state index contributed by atoms with van der Waals surface area (Å²) in [5.41, 5.74) is 14.0. The highest BCUT2D eigenvalue weighted by atomic mass is 16.2. The molecule has 2 amide bonds. The number of pyridine rings is 1. The van der Waals surface area contributed by atoms with Gasteiger partial charge in [-0.15, -0.1) is 0 Å². The van der Waals surface area contributed by atoms with Crippen LogP contribution in [0.25, 0.3) is 10.9 Å². The van der Waals surface area contributed by atoms with E-state index in [4.69, 9.17) is 16.5 Å². The lowest BCUT2D eigenvalue weighted by Crippen LogP contribution is -2.34. The third-order valence-electron chi connectivity index (χ3n) is 5.07. The van der Waals surface area contributed by atoms with Gasteiger partial charge in [0.1, 0.15) is 5.82 Å². The molecule has 2 aromatic heterocycles. The van der Waals surface area contributed by atoms with Crippen LogP contribution in [-0.2, 0) is 11.3 Å². The molecule has 3 aromatic rings. The number of hydrogen-bond donors (Lipinski definition) is 4. The number of para-hydroxylation sites is 1. The van der Waals surface area contributed by atoms with E-state index in [1.807, 2.05) is 31.2 Å². The van der Waals surface area contributed by atoms with E-state index in [1.165, 1.54) is 12.4 Å². The summed E-state index contributed by atoms with van der Waals surface area (Å²) in [6.07, 6.45) is 3.57. The van der Waals surface area contributed by atoms with E-state index in [0.717, 1.165) is 28.5 Å². The molecule has 6 N–H and O–H groups in total. The molecule has 0 radical (unpaired) electrons. The quantitative estimate of drug-likeness (QED) is 0.363. The molecule has 168 valence electrons. The van der Waals surface area contributed by atoms with Gasteiger partial charge in [0.2, 0.25) is 5.91 Å². The number of nitrogens with zero attached hydrogens (tertiary/aromatic N) is 4. The normalized spacial score (nSPS) is 10.7. The van der Waals surface area contributed by atoms with Gasteiger partial charge in [-0.05, 0) is 25.0 Å². The molecule has 1 aromatic carbocycles. The Hall–Kier alpha value is -3.79. The second-order valence-corrected chi connectivity index (χ2v) is 7.42. The lowest BCUT2D eigenvalue weighted by atomic mass is 10.1. The molecule has 2 heterocycles. The lowest BCUT2D eigenvalue weighted by Gasteiger charge is -2.17. The summed E-state index contributed by atoms with van der Waals surface area (Å²) in [6.45, 7) is 3.41. The fraction of sp³-hybridized carbons (Fsp3) is 0.318. The number of carbonyl (C=O) groups is 2. The molecule has 32 heavy (non-hydrogen) atoms. The number of fused-ring (bicyclic) bond motifs is 1. The minimum absolute atomic E-state index is 0.00438. The summed E-state index contributed by atoms with van der Waals surface area (Å²) in [5, 5.41) is 7.15. The van der Waals surface area contributed by atoms with Crippen LogP contribution in [0.5, 0.6) is 0 Å². The second kappa shape index (κ2) is 10.5. The van der Waals surface area contributed by atoms with E-state index in [9.17, 15) is 9.59 Å². The van der Waals surface area contributed by atoms with Crippen molar-refractivity contribution in [3.8, 4) is 0 Å². The first-order valence-corrected chi connectivity index (χ1v) is 10.3. The topological polar surface area (TPSA) is 152 Å². The van der Waals surface area contributed by atoms with Crippen LogP contribution in [0, 0.1) is 6.92 Å². The van der Waals surface area contributed by atoms with Crippen LogP contribution in [0.15, 0.2) is 36.7 Å². The smallest absolute Gasteiger partial charge is 0.273 e. The summed E-state index contributed by atoms with van der Waals surface area (Å²) in [6, 6.07) is 7.96. The van der Waals surface area contributed by atoms with Gasteiger partial charge in [-0.1, -0.05) is 18.2 Å². The molecule has 0 fully saturated rings. The molecular formula is C22H28N8O2. The SMILES string of the molecule is Cc1cccc2cc(CNC(=O)c3nccnc3N)c(NCCCN(C)C(=O)CN)nc12. The molecule has 0 aliphatic heterocycles. The fourth-order valence-corrected chi connectivity index (χ4v) is 3.26. The highest BCUT2D eigenvalue weighted by Crippen LogP contribution is 2.23. The van der Waals surface area contributed by atoms with Crippen molar-refractivity contribution >= 4 is 34.4 Å². The predicted molar refractivity (Wildman–Crippen MR) is 124 cm³/mol. The maximum atomic E-state index is 12.5. The van der Waals surface area contributed by atoms with Crippen LogP contribution < -0.4 is 22.1 Å². The third kappa shape index (κ3) is 5.46. The van der Waals surface area contributed by atoms with E-state index in [1.54, 1.807) is 11.9 Å². The van der Waals surface area contributed by atoms with Crippen molar-refractivity contribution in [2.75, 3.05) is 37.7 Å². The number of nitrogens with one attached hydrogen (secondary N) is 2. The van der Waals surface area contributed by atoms with Gasteiger partial charge in [-0.25, -0.2) is 15.0 Å². The Bertz CT molecular complexity index is 1120. The summed E-state index contributed by atoms with van der Waals surface area (Å²) in [5.74, 6) is 0.239. The van der Waals surface area contributed by atoms with Crippen LogP contribution in [0.2, 0.25) is 0 Å². The van der Waals surface area contributed by atoms with Gasteiger partial charge in [0, 0.05) is 50.0 Å². The van der Waals surface area contributed by atoms with Crippen molar-refractivity contribution in [3.05, 3.63) is 53.5 Å². The molecular weight excluding hydrogens is 408 g/mol. The van der Waals surface area contributed by atoms with Gasteiger partial charge in [0.15, 0.2) is 11.5 Å². The highest BCUT2D eigenvalue weighted by molar-refractivity contribution is 5.96. The number of rotatable bonds is 9. The van der Waals surface area contributed by atoms with Crippen molar-refractivity contribution in [3.63, 3.8) is 0 Å². The largest absolute Gasteiger partial charge is 0.382 e. The lowest BCUT2D eigenvalue weighted by molar-refractivity contribution is -0.128.